The fraction of sp³-hybridized carbons (Fsp3) is 0.435. The number of carbonyl (C=O) groups is 1. The zero-order chi connectivity index (χ0) is 20.5. The van der Waals surface area contributed by atoms with Gasteiger partial charge in [-0.1, -0.05) is 44.2 Å². The Hall–Kier alpha value is -2.73. The van der Waals surface area contributed by atoms with E-state index < -0.39 is 0 Å². The maximum Gasteiger partial charge on any atom is 0.319 e. The number of fused-ring (bicyclic) bond motifs is 1. The van der Waals surface area contributed by atoms with Gasteiger partial charge in [0.25, 0.3) is 0 Å². The maximum absolute atomic E-state index is 12.5. The second kappa shape index (κ2) is 10.7. The van der Waals surface area contributed by atoms with Crippen LogP contribution in [0.15, 0.2) is 48.5 Å². The standard InChI is InChI=1S/C23H31N3O3/c1-3-26(4-2)20(15-18-9-6-5-7-10-18)17-24-23(27)25-19-11-12-21-22(16-19)29-14-8-13-28-21/h5-7,9-12,16,20H,3-4,8,13-15,17H2,1-2H3,(H2,24,25,27)/t20-/m0/s1. The first kappa shape index (κ1) is 21.0. The first-order valence-corrected chi connectivity index (χ1v) is 10.4. The van der Waals surface area contributed by atoms with E-state index in [1.807, 2.05) is 24.3 Å². The molecule has 2 N–H and O–H groups in total. The molecule has 1 atom stereocenters. The lowest BCUT2D eigenvalue weighted by molar-refractivity contribution is 0.207. The van der Waals surface area contributed by atoms with Crippen molar-refractivity contribution >= 4 is 11.7 Å². The topological polar surface area (TPSA) is 62.8 Å². The summed E-state index contributed by atoms with van der Waals surface area (Å²) in [6.45, 7) is 8.03. The highest BCUT2D eigenvalue weighted by molar-refractivity contribution is 5.89. The third kappa shape index (κ3) is 6.12. The van der Waals surface area contributed by atoms with Crippen molar-refractivity contribution in [2.24, 2.45) is 0 Å². The summed E-state index contributed by atoms with van der Waals surface area (Å²) in [6, 6.07) is 15.9. The summed E-state index contributed by atoms with van der Waals surface area (Å²) in [6.07, 6.45) is 1.75. The minimum Gasteiger partial charge on any atom is -0.490 e. The molecule has 0 saturated carbocycles. The number of nitrogens with zero attached hydrogens (tertiary/aromatic N) is 1. The van der Waals surface area contributed by atoms with Crippen LogP contribution in [0.3, 0.4) is 0 Å². The van der Waals surface area contributed by atoms with E-state index >= 15 is 0 Å². The van der Waals surface area contributed by atoms with Crippen molar-refractivity contribution in [2.45, 2.75) is 32.7 Å². The predicted octanol–water partition coefficient (Wildman–Crippen LogP) is 3.92. The molecule has 0 unspecified atom stereocenters. The number of benzene rings is 2. The molecule has 1 heterocycles. The molecule has 156 valence electrons. The Bertz CT molecular complexity index is 778. The monoisotopic (exact) mass is 397 g/mol. The van der Waals surface area contributed by atoms with Crippen molar-refractivity contribution in [2.75, 3.05) is 38.2 Å². The maximum atomic E-state index is 12.5. The molecule has 6 heteroatoms. The molecule has 2 aromatic rings. The molecule has 0 bridgehead atoms. The van der Waals surface area contributed by atoms with Crippen LogP contribution in [0.1, 0.15) is 25.8 Å². The van der Waals surface area contributed by atoms with E-state index in [0.717, 1.165) is 31.7 Å². The number of amides is 2. The van der Waals surface area contributed by atoms with Crippen molar-refractivity contribution in [1.82, 2.24) is 10.2 Å². The average molecular weight is 398 g/mol. The SMILES string of the molecule is CCN(CC)[C@H](CNC(=O)Nc1ccc2c(c1)OCCCO2)Cc1ccccc1. The minimum absolute atomic E-state index is 0.218. The molecular formula is C23H31N3O3. The molecule has 2 amide bonds. The summed E-state index contributed by atoms with van der Waals surface area (Å²) in [5.74, 6) is 1.39. The van der Waals surface area contributed by atoms with Gasteiger partial charge >= 0.3 is 6.03 Å². The van der Waals surface area contributed by atoms with Gasteiger partial charge in [0.1, 0.15) is 0 Å². The molecule has 6 nitrogen and oxygen atoms in total. The van der Waals surface area contributed by atoms with Gasteiger partial charge < -0.3 is 20.1 Å². The van der Waals surface area contributed by atoms with E-state index in [1.54, 1.807) is 0 Å². The summed E-state index contributed by atoms with van der Waals surface area (Å²) in [5, 5.41) is 5.93. The minimum atomic E-state index is -0.218. The number of ether oxygens (including phenoxy) is 2. The Kier molecular flexibility index (Phi) is 7.76. The first-order chi connectivity index (χ1) is 14.2. The van der Waals surface area contributed by atoms with Crippen molar-refractivity contribution in [3.63, 3.8) is 0 Å². The van der Waals surface area contributed by atoms with Crippen LogP contribution in [0.5, 0.6) is 11.5 Å². The lowest BCUT2D eigenvalue weighted by atomic mass is 10.0. The third-order valence-electron chi connectivity index (χ3n) is 5.15. The van der Waals surface area contributed by atoms with Gasteiger partial charge in [-0.2, -0.15) is 0 Å². The second-order valence-electron chi connectivity index (χ2n) is 7.11. The van der Waals surface area contributed by atoms with Crippen LogP contribution in [-0.4, -0.2) is 49.8 Å². The van der Waals surface area contributed by atoms with Gasteiger partial charge in [-0.05, 0) is 37.2 Å². The number of rotatable bonds is 8. The van der Waals surface area contributed by atoms with Crippen molar-refractivity contribution in [3.05, 3.63) is 54.1 Å². The molecule has 0 fully saturated rings. The van der Waals surface area contributed by atoms with Crippen molar-refractivity contribution < 1.29 is 14.3 Å². The first-order valence-electron chi connectivity index (χ1n) is 10.4. The second-order valence-corrected chi connectivity index (χ2v) is 7.11. The molecule has 0 aromatic heterocycles. The van der Waals surface area contributed by atoms with Gasteiger partial charge in [0, 0.05) is 30.8 Å². The van der Waals surface area contributed by atoms with Crippen molar-refractivity contribution in [1.29, 1.82) is 0 Å². The molecule has 2 aromatic carbocycles. The quantitative estimate of drug-likeness (QED) is 0.709. The molecule has 0 radical (unpaired) electrons. The number of nitrogens with one attached hydrogen (secondary N) is 2. The lowest BCUT2D eigenvalue weighted by Crippen LogP contribution is -2.46. The summed E-state index contributed by atoms with van der Waals surface area (Å²) >= 11 is 0. The van der Waals surface area contributed by atoms with E-state index in [-0.39, 0.29) is 12.1 Å². The highest BCUT2D eigenvalue weighted by Crippen LogP contribution is 2.32. The number of hydrogen-bond donors (Lipinski definition) is 2. The fourth-order valence-electron chi connectivity index (χ4n) is 3.58. The Morgan fingerprint density at radius 2 is 1.76 bits per heavy atom. The molecule has 29 heavy (non-hydrogen) atoms. The Labute approximate surface area is 173 Å². The van der Waals surface area contributed by atoms with E-state index in [0.29, 0.717) is 31.2 Å². The van der Waals surface area contributed by atoms with E-state index in [4.69, 9.17) is 9.47 Å². The number of carbonyl (C=O) groups excluding carboxylic acids is 1. The molecule has 0 saturated heterocycles. The van der Waals surface area contributed by atoms with E-state index in [2.05, 4.69) is 53.6 Å². The van der Waals surface area contributed by atoms with E-state index in [1.165, 1.54) is 5.56 Å². The van der Waals surface area contributed by atoms with Crippen LogP contribution in [0, 0.1) is 0 Å². The Morgan fingerprint density at radius 1 is 1.03 bits per heavy atom. The lowest BCUT2D eigenvalue weighted by Gasteiger charge is -2.30. The highest BCUT2D eigenvalue weighted by Gasteiger charge is 2.18. The van der Waals surface area contributed by atoms with Gasteiger partial charge in [0.15, 0.2) is 11.5 Å². The van der Waals surface area contributed by atoms with Gasteiger partial charge in [-0.15, -0.1) is 0 Å². The van der Waals surface area contributed by atoms with Crippen LogP contribution >= 0.6 is 0 Å². The number of likely N-dealkylation sites (N-methyl/N-ethyl adjacent to an activating group) is 1. The van der Waals surface area contributed by atoms with Crippen LogP contribution in [0.4, 0.5) is 10.5 Å². The summed E-state index contributed by atoms with van der Waals surface area (Å²) in [7, 11) is 0. The van der Waals surface area contributed by atoms with Crippen LogP contribution in [0.2, 0.25) is 0 Å². The molecular weight excluding hydrogens is 366 g/mol. The molecule has 1 aliphatic heterocycles. The molecule has 1 aliphatic rings. The summed E-state index contributed by atoms with van der Waals surface area (Å²) in [5.41, 5.74) is 1.96. The number of hydrogen-bond acceptors (Lipinski definition) is 4. The Balaban J connectivity index is 1.58. The zero-order valence-corrected chi connectivity index (χ0v) is 17.3. The highest BCUT2D eigenvalue weighted by atomic mass is 16.5. The Morgan fingerprint density at radius 3 is 2.48 bits per heavy atom. The van der Waals surface area contributed by atoms with Gasteiger partial charge in [0.05, 0.1) is 13.2 Å². The third-order valence-corrected chi connectivity index (χ3v) is 5.15. The number of anilines is 1. The predicted molar refractivity (Wildman–Crippen MR) is 116 cm³/mol. The smallest absolute Gasteiger partial charge is 0.319 e. The van der Waals surface area contributed by atoms with Crippen LogP contribution in [-0.2, 0) is 6.42 Å². The van der Waals surface area contributed by atoms with E-state index in [9.17, 15) is 4.79 Å². The largest absolute Gasteiger partial charge is 0.490 e. The molecule has 3 rings (SSSR count). The van der Waals surface area contributed by atoms with Crippen molar-refractivity contribution in [3.8, 4) is 11.5 Å². The summed E-state index contributed by atoms with van der Waals surface area (Å²) < 4.78 is 11.3. The summed E-state index contributed by atoms with van der Waals surface area (Å²) in [4.78, 5) is 14.9. The zero-order valence-electron chi connectivity index (χ0n) is 17.3. The molecule has 0 aliphatic carbocycles. The number of urea groups is 1. The van der Waals surface area contributed by atoms with Gasteiger partial charge in [0.2, 0.25) is 0 Å². The van der Waals surface area contributed by atoms with Gasteiger partial charge in [-0.25, -0.2) is 4.79 Å². The molecule has 0 spiro atoms. The van der Waals surface area contributed by atoms with Crippen LogP contribution < -0.4 is 20.1 Å². The van der Waals surface area contributed by atoms with Crippen LogP contribution in [0.25, 0.3) is 0 Å². The van der Waals surface area contributed by atoms with Gasteiger partial charge in [-0.3, -0.25) is 4.90 Å². The average Bonchev–Trinajstić information content (AvgIpc) is 2.98. The fourth-order valence-corrected chi connectivity index (χ4v) is 3.58. The normalized spacial score (nSPS) is 14.2.